The number of carbonyl (C=O) groups is 1. The molecule has 0 saturated carbocycles. The fourth-order valence-corrected chi connectivity index (χ4v) is 2.43. The predicted octanol–water partition coefficient (Wildman–Crippen LogP) is 4.34. The van der Waals surface area contributed by atoms with E-state index in [9.17, 15) is 9.18 Å². The molecule has 0 aliphatic rings. The van der Waals surface area contributed by atoms with Crippen molar-refractivity contribution < 1.29 is 24.8 Å². The summed E-state index contributed by atoms with van der Waals surface area (Å²) in [6.07, 6.45) is 4.01. The minimum Gasteiger partial charge on any atom is -0.490 e. The van der Waals surface area contributed by atoms with Crippen molar-refractivity contribution in [1.82, 2.24) is 0 Å². The van der Waals surface area contributed by atoms with E-state index in [1.54, 1.807) is 25.3 Å². The Kier molecular flexibility index (Phi) is 10.3. The molecule has 150 valence electrons. The van der Waals surface area contributed by atoms with Crippen LogP contribution in [0.15, 0.2) is 54.9 Å². The number of rotatable bonds is 13. The van der Waals surface area contributed by atoms with E-state index in [4.69, 9.17) is 19.9 Å². The molecule has 1 aromatic rings. The molecule has 1 atom stereocenters. The molecule has 1 rings (SSSR count). The normalized spacial score (nSPS) is 12.5. The van der Waals surface area contributed by atoms with Gasteiger partial charge in [-0.15, -0.1) is 0 Å². The fraction of sp³-hybridized carbons (Fsp3) is 0.381. The van der Waals surface area contributed by atoms with Crippen LogP contribution in [0.2, 0.25) is 0 Å². The highest BCUT2D eigenvalue weighted by atomic mass is 19.1. The van der Waals surface area contributed by atoms with Gasteiger partial charge in [0.2, 0.25) is 0 Å². The average Bonchev–Trinajstić information content (AvgIpc) is 2.67. The largest absolute Gasteiger partial charge is 0.490 e. The van der Waals surface area contributed by atoms with E-state index in [1.165, 1.54) is 12.2 Å². The van der Waals surface area contributed by atoms with E-state index in [0.717, 1.165) is 12.0 Å². The lowest BCUT2D eigenvalue weighted by molar-refractivity contribution is 0.102. The maximum Gasteiger partial charge on any atom is 0.196 e. The summed E-state index contributed by atoms with van der Waals surface area (Å²) in [7, 11) is 1.63. The fourth-order valence-electron chi connectivity index (χ4n) is 2.43. The third kappa shape index (κ3) is 7.09. The lowest BCUT2D eigenvalue weighted by Gasteiger charge is -2.20. The number of ether oxygens (including phenoxy) is 3. The van der Waals surface area contributed by atoms with Crippen molar-refractivity contribution in [3.05, 3.63) is 66.0 Å². The zero-order chi connectivity index (χ0) is 20.2. The van der Waals surface area contributed by atoms with Gasteiger partial charge in [-0.1, -0.05) is 38.3 Å². The van der Waals surface area contributed by atoms with Crippen molar-refractivity contribution in [3.63, 3.8) is 0 Å². The maximum atomic E-state index is 13.6. The van der Waals surface area contributed by atoms with Crippen molar-refractivity contribution >= 4 is 5.78 Å². The number of methoxy groups -OCH3 is 1. The van der Waals surface area contributed by atoms with Crippen molar-refractivity contribution in [1.29, 1.82) is 0 Å². The van der Waals surface area contributed by atoms with Gasteiger partial charge in [-0.3, -0.25) is 4.79 Å². The van der Waals surface area contributed by atoms with Gasteiger partial charge in [0.1, 0.15) is 17.7 Å². The van der Waals surface area contributed by atoms with Crippen LogP contribution in [-0.4, -0.2) is 32.3 Å². The van der Waals surface area contributed by atoms with E-state index in [-0.39, 0.29) is 32.0 Å². The smallest absolute Gasteiger partial charge is 0.196 e. The van der Waals surface area contributed by atoms with Gasteiger partial charge < -0.3 is 19.9 Å². The van der Waals surface area contributed by atoms with Crippen molar-refractivity contribution in [2.45, 2.75) is 32.5 Å². The van der Waals surface area contributed by atoms with Crippen LogP contribution in [0.5, 0.6) is 5.75 Å². The van der Waals surface area contributed by atoms with E-state index < -0.39 is 11.6 Å². The summed E-state index contributed by atoms with van der Waals surface area (Å²) in [6.45, 7) is 9.58. The number of benzene rings is 1. The molecule has 1 aromatic carbocycles. The summed E-state index contributed by atoms with van der Waals surface area (Å²) < 4.78 is 30.1. The quantitative estimate of drug-likeness (QED) is 0.239. The first kappa shape index (κ1) is 22.8. The number of Topliss-reactive ketones (excluding diaryl/α,β-unsaturated/α-hetero) is 1. The molecule has 0 aliphatic heterocycles. The molecule has 0 heterocycles. The van der Waals surface area contributed by atoms with Gasteiger partial charge in [-0.05, 0) is 18.6 Å². The van der Waals surface area contributed by atoms with E-state index in [0.29, 0.717) is 18.8 Å². The van der Waals surface area contributed by atoms with E-state index in [2.05, 4.69) is 13.2 Å². The molecular formula is C21H30FNO4. The Hall–Kier alpha value is -2.28. The Morgan fingerprint density at radius 3 is 2.74 bits per heavy atom. The number of carbonyl (C=O) groups excluding carboxylic acids is 1. The van der Waals surface area contributed by atoms with Crippen LogP contribution in [-0.2, 0) is 16.1 Å². The molecule has 27 heavy (non-hydrogen) atoms. The molecule has 0 spiro atoms. The summed E-state index contributed by atoms with van der Waals surface area (Å²) in [6, 6.07) is 4.90. The Morgan fingerprint density at radius 2 is 2.19 bits per heavy atom. The average molecular weight is 379 g/mol. The molecule has 0 radical (unpaired) electrons. The molecule has 0 amide bonds. The predicted molar refractivity (Wildman–Crippen MR) is 106 cm³/mol. The van der Waals surface area contributed by atoms with Crippen LogP contribution in [0, 0.1) is 0 Å². The second-order valence-electron chi connectivity index (χ2n) is 5.82. The second-order valence-corrected chi connectivity index (χ2v) is 5.82. The minimum atomic E-state index is -0.815. The molecule has 5 nitrogen and oxygen atoms in total. The lowest BCUT2D eigenvalue weighted by Crippen LogP contribution is -2.19. The molecule has 0 aliphatic carbocycles. The van der Waals surface area contributed by atoms with Crippen LogP contribution in [0.1, 0.15) is 37.1 Å². The van der Waals surface area contributed by atoms with Crippen LogP contribution in [0.25, 0.3) is 0 Å². The van der Waals surface area contributed by atoms with Crippen molar-refractivity contribution in [3.8, 4) is 5.75 Å². The number of allylic oxidation sites excluding steroid dienone is 4. The first-order chi connectivity index (χ1) is 13.0. The Bertz CT molecular complexity index is 691. The number of ketones is 1. The highest BCUT2D eigenvalue weighted by Crippen LogP contribution is 2.27. The van der Waals surface area contributed by atoms with Gasteiger partial charge in [0, 0.05) is 32.7 Å². The Labute approximate surface area is 161 Å². The SMILES string of the molecule is C=C/C=C(\C(=C)F)C(=O)c1ccc(COCN)c(OC(CC)CCOC)c1.[HH]. The zero-order valence-electron chi connectivity index (χ0n) is 16.0. The van der Waals surface area contributed by atoms with Gasteiger partial charge in [-0.2, -0.15) is 0 Å². The molecule has 0 saturated heterocycles. The Morgan fingerprint density at radius 1 is 1.44 bits per heavy atom. The molecule has 6 heteroatoms. The number of hydrogen-bond donors (Lipinski definition) is 1. The summed E-state index contributed by atoms with van der Waals surface area (Å²) in [5.41, 5.74) is 6.30. The molecular weight excluding hydrogens is 349 g/mol. The molecule has 0 fully saturated rings. The topological polar surface area (TPSA) is 70.8 Å². The molecule has 1 unspecified atom stereocenters. The van der Waals surface area contributed by atoms with Crippen molar-refractivity contribution in [2.75, 3.05) is 20.4 Å². The molecule has 0 bridgehead atoms. The third-order valence-corrected chi connectivity index (χ3v) is 3.92. The summed E-state index contributed by atoms with van der Waals surface area (Å²) in [5, 5.41) is 0. The van der Waals surface area contributed by atoms with E-state index in [1.807, 2.05) is 6.92 Å². The van der Waals surface area contributed by atoms with Gasteiger partial charge >= 0.3 is 0 Å². The van der Waals surface area contributed by atoms with Crippen LogP contribution in [0.4, 0.5) is 4.39 Å². The maximum absolute atomic E-state index is 13.6. The summed E-state index contributed by atoms with van der Waals surface area (Å²) in [4.78, 5) is 12.6. The third-order valence-electron chi connectivity index (χ3n) is 3.92. The highest BCUT2D eigenvalue weighted by Gasteiger charge is 2.18. The summed E-state index contributed by atoms with van der Waals surface area (Å²) in [5.74, 6) is -0.812. The van der Waals surface area contributed by atoms with Gasteiger partial charge in [-0.25, -0.2) is 4.39 Å². The zero-order valence-corrected chi connectivity index (χ0v) is 16.0. The van der Waals surface area contributed by atoms with Crippen LogP contribution < -0.4 is 10.5 Å². The number of hydrogen-bond acceptors (Lipinski definition) is 5. The monoisotopic (exact) mass is 379 g/mol. The molecule has 0 aromatic heterocycles. The number of nitrogens with two attached hydrogens (primary N) is 1. The van der Waals surface area contributed by atoms with Gasteiger partial charge in [0.25, 0.3) is 0 Å². The Balaban J connectivity index is 0.00000729. The summed E-state index contributed by atoms with van der Waals surface area (Å²) >= 11 is 0. The first-order valence-electron chi connectivity index (χ1n) is 8.76. The molecule has 2 N–H and O–H groups in total. The lowest BCUT2D eigenvalue weighted by atomic mass is 10.00. The first-order valence-corrected chi connectivity index (χ1v) is 8.76. The van der Waals surface area contributed by atoms with Gasteiger partial charge in [0.05, 0.1) is 18.9 Å². The standard InChI is InChI=1S/C21H28FNO4.H2/c1-5-7-19(15(3)22)21(24)16-8-9-17(13-26-14-23)20(12-16)27-18(6-2)10-11-25-4;/h5,7-9,12,18H,1,3,6,10-11,13-14,23H2,2,4H3;1H/b19-7+;. The highest BCUT2D eigenvalue weighted by molar-refractivity contribution is 6.11. The van der Waals surface area contributed by atoms with Crippen LogP contribution >= 0.6 is 0 Å². The van der Waals surface area contributed by atoms with Crippen LogP contribution in [0.3, 0.4) is 0 Å². The van der Waals surface area contributed by atoms with E-state index >= 15 is 0 Å². The second kappa shape index (κ2) is 12.2. The minimum absolute atomic E-state index is 0. The van der Waals surface area contributed by atoms with Gasteiger partial charge in [0.15, 0.2) is 5.78 Å². The van der Waals surface area contributed by atoms with Crippen molar-refractivity contribution in [2.24, 2.45) is 5.73 Å². The number of halogens is 1.